The first-order valence-electron chi connectivity index (χ1n) is 11.2. The van der Waals surface area contributed by atoms with Crippen molar-refractivity contribution in [3.63, 3.8) is 0 Å². The molecule has 30 heavy (non-hydrogen) atoms. The molecule has 1 atom stereocenters. The van der Waals surface area contributed by atoms with Crippen molar-refractivity contribution < 1.29 is 18.7 Å². The highest BCUT2D eigenvalue weighted by molar-refractivity contribution is 5.88. The predicted molar refractivity (Wildman–Crippen MR) is 117 cm³/mol. The van der Waals surface area contributed by atoms with Crippen LogP contribution >= 0.6 is 0 Å². The van der Waals surface area contributed by atoms with Gasteiger partial charge in [0.1, 0.15) is 5.75 Å². The Kier molecular flexibility index (Phi) is 6.71. The van der Waals surface area contributed by atoms with Crippen molar-refractivity contribution in [2.75, 3.05) is 13.8 Å². The normalized spacial score (nSPS) is 23.9. The summed E-state index contributed by atoms with van der Waals surface area (Å²) in [6, 6.07) is 12.8. The minimum absolute atomic E-state index is 0.00119. The summed E-state index contributed by atoms with van der Waals surface area (Å²) in [6.45, 7) is -0.204. The van der Waals surface area contributed by atoms with Crippen molar-refractivity contribution >= 4 is 16.7 Å². The Morgan fingerprint density at radius 2 is 1.93 bits per heavy atom. The maximum atomic E-state index is 12.8. The molecule has 0 aromatic heterocycles. The van der Waals surface area contributed by atoms with Gasteiger partial charge in [0.05, 0.1) is 25.8 Å². The van der Waals surface area contributed by atoms with Gasteiger partial charge in [-0.3, -0.25) is 9.18 Å². The van der Waals surface area contributed by atoms with E-state index in [1.54, 1.807) is 0 Å². The van der Waals surface area contributed by atoms with Crippen molar-refractivity contribution in [2.45, 2.75) is 57.5 Å². The van der Waals surface area contributed by atoms with Gasteiger partial charge in [-0.05, 0) is 74.3 Å². The molecule has 1 unspecified atom stereocenters. The van der Waals surface area contributed by atoms with Gasteiger partial charge in [-0.1, -0.05) is 42.0 Å². The number of allylic oxidation sites excluding steroid dienone is 2. The number of hydrogen-bond acceptors (Lipinski definition) is 3. The van der Waals surface area contributed by atoms with Crippen LogP contribution in [-0.2, 0) is 16.0 Å². The van der Waals surface area contributed by atoms with Gasteiger partial charge in [0.2, 0.25) is 0 Å². The molecule has 4 heteroatoms. The van der Waals surface area contributed by atoms with Crippen LogP contribution in [0.4, 0.5) is 4.39 Å². The van der Waals surface area contributed by atoms with Gasteiger partial charge in [0.15, 0.2) is 0 Å². The van der Waals surface area contributed by atoms with Gasteiger partial charge in [-0.2, -0.15) is 0 Å². The molecule has 0 saturated heterocycles. The summed E-state index contributed by atoms with van der Waals surface area (Å²) in [7, 11) is 1.46. The number of fused-ring (bicyclic) bond motifs is 1. The number of halogens is 1. The van der Waals surface area contributed by atoms with Crippen molar-refractivity contribution in [1.29, 1.82) is 0 Å². The zero-order valence-corrected chi connectivity index (χ0v) is 17.7. The van der Waals surface area contributed by atoms with Crippen molar-refractivity contribution in [2.24, 2.45) is 11.8 Å². The van der Waals surface area contributed by atoms with Crippen LogP contribution in [0.5, 0.6) is 5.75 Å². The molecule has 2 aliphatic rings. The molecule has 0 radical (unpaired) electrons. The lowest BCUT2D eigenvalue weighted by Crippen LogP contribution is -2.24. The highest BCUT2D eigenvalue weighted by Crippen LogP contribution is 2.33. The summed E-state index contributed by atoms with van der Waals surface area (Å²) >= 11 is 0. The van der Waals surface area contributed by atoms with E-state index in [0.717, 1.165) is 62.5 Å². The second kappa shape index (κ2) is 9.63. The second-order valence-corrected chi connectivity index (χ2v) is 8.75. The molecule has 0 amide bonds. The number of ether oxygens (including phenoxy) is 2. The molecule has 2 aliphatic carbocycles. The third-order valence-corrected chi connectivity index (χ3v) is 6.68. The zero-order valence-electron chi connectivity index (χ0n) is 17.7. The van der Waals surface area contributed by atoms with E-state index in [0.29, 0.717) is 0 Å². The van der Waals surface area contributed by atoms with Crippen LogP contribution < -0.4 is 4.74 Å². The number of benzene rings is 2. The fourth-order valence-corrected chi connectivity index (χ4v) is 4.79. The third kappa shape index (κ3) is 4.85. The largest absolute Gasteiger partial charge is 0.490 e. The van der Waals surface area contributed by atoms with Gasteiger partial charge in [-0.25, -0.2) is 0 Å². The predicted octanol–water partition coefficient (Wildman–Crippen LogP) is 6.19. The first-order valence-corrected chi connectivity index (χ1v) is 11.2. The van der Waals surface area contributed by atoms with Crippen molar-refractivity contribution in [3.8, 4) is 5.75 Å². The fraction of sp³-hybridized carbons (Fsp3) is 0.500. The lowest BCUT2D eigenvalue weighted by atomic mass is 9.88. The van der Waals surface area contributed by atoms with E-state index in [2.05, 4.69) is 36.4 Å². The fourth-order valence-electron chi connectivity index (χ4n) is 4.79. The molecule has 0 bridgehead atoms. The number of methoxy groups -OCH3 is 1. The summed E-state index contributed by atoms with van der Waals surface area (Å²) in [5.74, 6) is 1.05. The minimum atomic E-state index is -0.204. The third-order valence-electron chi connectivity index (χ3n) is 6.68. The maximum Gasteiger partial charge on any atom is 0.309 e. The second-order valence-electron chi connectivity index (χ2n) is 8.75. The van der Waals surface area contributed by atoms with Gasteiger partial charge < -0.3 is 9.47 Å². The van der Waals surface area contributed by atoms with Gasteiger partial charge >= 0.3 is 5.97 Å². The minimum Gasteiger partial charge on any atom is -0.490 e. The summed E-state index contributed by atoms with van der Waals surface area (Å²) < 4.78 is 24.0. The van der Waals surface area contributed by atoms with E-state index in [9.17, 15) is 9.18 Å². The number of carbonyl (C=O) groups is 1. The molecule has 1 saturated carbocycles. The Bertz CT molecular complexity index is 912. The molecule has 4 rings (SSSR count). The Morgan fingerprint density at radius 1 is 1.10 bits per heavy atom. The molecule has 1 fully saturated rings. The molecular formula is C26H31FO3. The lowest BCUT2D eigenvalue weighted by Gasteiger charge is -2.28. The molecular weight excluding hydrogens is 379 g/mol. The molecule has 0 spiro atoms. The van der Waals surface area contributed by atoms with Crippen molar-refractivity contribution in [1.82, 2.24) is 0 Å². The van der Waals surface area contributed by atoms with E-state index in [4.69, 9.17) is 9.47 Å². The zero-order chi connectivity index (χ0) is 20.9. The highest BCUT2D eigenvalue weighted by Gasteiger charge is 2.24. The number of carbonyl (C=O) groups excluding carboxylic acids is 1. The maximum absolute atomic E-state index is 12.8. The first-order chi connectivity index (χ1) is 14.7. The van der Waals surface area contributed by atoms with Crippen LogP contribution in [0.25, 0.3) is 10.8 Å². The number of aryl methyl sites for hydroxylation is 1. The van der Waals surface area contributed by atoms with Crippen LogP contribution in [0, 0.1) is 11.8 Å². The summed E-state index contributed by atoms with van der Waals surface area (Å²) in [4.78, 5) is 11.7. The summed E-state index contributed by atoms with van der Waals surface area (Å²) in [5.41, 5.74) is 2.65. The molecule has 0 heterocycles. The number of alkyl halides is 1. The molecule has 160 valence electrons. The smallest absolute Gasteiger partial charge is 0.309 e. The standard InChI is InChI=1S/C26H31FO3/c1-29-26(28)22-11-7-18(16-22)5-6-19-10-14-24-21(15-19)3-2-4-25(24)30-23-12-8-20(17-27)9-13-23/h2-4,7,10,14-15,20,22-23H,5-6,8-9,11-13,16-17H2,1H3. The van der Waals surface area contributed by atoms with Crippen LogP contribution in [0.3, 0.4) is 0 Å². The summed E-state index contributed by atoms with van der Waals surface area (Å²) in [6.07, 6.45) is 9.67. The van der Waals surface area contributed by atoms with E-state index in [1.165, 1.54) is 23.6 Å². The Hall–Kier alpha value is -2.36. The van der Waals surface area contributed by atoms with Crippen LogP contribution in [0.1, 0.15) is 50.5 Å². The van der Waals surface area contributed by atoms with E-state index < -0.39 is 0 Å². The van der Waals surface area contributed by atoms with E-state index in [1.807, 2.05) is 6.07 Å². The molecule has 2 aromatic carbocycles. The number of hydrogen-bond donors (Lipinski definition) is 0. The first kappa shape index (κ1) is 20.9. The average Bonchev–Trinajstić information content (AvgIpc) is 3.27. The van der Waals surface area contributed by atoms with Gasteiger partial charge in [0, 0.05) is 5.39 Å². The van der Waals surface area contributed by atoms with E-state index >= 15 is 0 Å². The van der Waals surface area contributed by atoms with Crippen molar-refractivity contribution in [3.05, 3.63) is 53.6 Å². The Morgan fingerprint density at radius 3 is 2.70 bits per heavy atom. The lowest BCUT2D eigenvalue weighted by molar-refractivity contribution is -0.145. The van der Waals surface area contributed by atoms with Gasteiger partial charge in [-0.15, -0.1) is 0 Å². The summed E-state index contributed by atoms with van der Waals surface area (Å²) in [5, 5.41) is 2.33. The van der Waals surface area contributed by atoms with Crippen LogP contribution in [0.15, 0.2) is 48.0 Å². The molecule has 3 nitrogen and oxygen atoms in total. The van der Waals surface area contributed by atoms with Crippen LogP contribution in [0.2, 0.25) is 0 Å². The number of rotatable bonds is 7. The molecule has 0 aliphatic heterocycles. The number of esters is 1. The highest BCUT2D eigenvalue weighted by atomic mass is 19.1. The monoisotopic (exact) mass is 410 g/mol. The van der Waals surface area contributed by atoms with E-state index in [-0.39, 0.29) is 30.6 Å². The average molecular weight is 411 g/mol. The topological polar surface area (TPSA) is 35.5 Å². The van der Waals surface area contributed by atoms with Gasteiger partial charge in [0.25, 0.3) is 0 Å². The SMILES string of the molecule is COC(=O)C1CC=C(CCc2ccc3c(OC4CCC(CF)CC4)cccc3c2)C1. The van der Waals surface area contributed by atoms with Crippen LogP contribution in [-0.4, -0.2) is 25.9 Å². The Balaban J connectivity index is 1.37. The molecule has 2 aromatic rings. The quantitative estimate of drug-likeness (QED) is 0.403. The Labute approximate surface area is 178 Å². The molecule has 0 N–H and O–H groups in total.